The number of nitrogens with one attached hydrogen (secondary N) is 2. The smallest absolute Gasteiger partial charge is 0.302 e. The van der Waals surface area contributed by atoms with Crippen LogP contribution in [0.3, 0.4) is 0 Å². The van der Waals surface area contributed by atoms with Gasteiger partial charge >= 0.3 is 5.97 Å². The van der Waals surface area contributed by atoms with Gasteiger partial charge in [-0.3, -0.25) is 24.7 Å². The number of benzene rings is 1. The quantitative estimate of drug-likeness (QED) is 0.309. The normalized spacial score (nSPS) is 12.2. The van der Waals surface area contributed by atoms with E-state index in [1.54, 1.807) is 0 Å². The lowest BCUT2D eigenvalue weighted by Crippen LogP contribution is -2.32. The number of halogens is 1. The Labute approximate surface area is 191 Å². The number of amides is 1. The molecule has 1 aliphatic heterocycles. The number of rotatable bonds is 8. The molecule has 1 amide bonds. The van der Waals surface area contributed by atoms with Gasteiger partial charge in [-0.1, -0.05) is 30.3 Å². The van der Waals surface area contributed by atoms with Gasteiger partial charge in [-0.05, 0) is 18.4 Å². The number of ether oxygens (including phenoxy) is 1. The Bertz CT molecular complexity index is 935. The average Bonchev–Trinajstić information content (AvgIpc) is 2.99. The van der Waals surface area contributed by atoms with E-state index in [0.717, 1.165) is 12.0 Å². The number of aromatic nitrogens is 2. The van der Waals surface area contributed by atoms with Crippen LogP contribution in [-0.4, -0.2) is 41.7 Å². The summed E-state index contributed by atoms with van der Waals surface area (Å²) in [5.41, 5.74) is 1.28. The second-order valence-corrected chi connectivity index (χ2v) is 6.90. The summed E-state index contributed by atoms with van der Waals surface area (Å²) in [4.78, 5) is 46.1. The highest BCUT2D eigenvalue weighted by molar-refractivity contribution is 14.0. The molecule has 2 heterocycles. The highest BCUT2D eigenvalue weighted by Crippen LogP contribution is 2.32. The van der Waals surface area contributed by atoms with Crippen molar-refractivity contribution < 1.29 is 14.3 Å². The third-order valence-electron chi connectivity index (χ3n) is 4.47. The molecule has 0 bridgehead atoms. The summed E-state index contributed by atoms with van der Waals surface area (Å²) >= 11 is 0. The van der Waals surface area contributed by atoms with Gasteiger partial charge in [-0.2, -0.15) is 4.98 Å². The van der Waals surface area contributed by atoms with Crippen LogP contribution in [0, 0.1) is 0 Å². The number of aromatic amines is 1. The lowest BCUT2D eigenvalue weighted by atomic mass is 10.2. The first kappa shape index (κ1) is 23.6. The topological polar surface area (TPSA) is 108 Å². The zero-order valence-corrected chi connectivity index (χ0v) is 19.3. The number of hydrogen-bond acceptors (Lipinski definition) is 7. The van der Waals surface area contributed by atoms with E-state index in [1.807, 2.05) is 40.1 Å². The van der Waals surface area contributed by atoms with Crippen molar-refractivity contribution in [3.63, 3.8) is 0 Å². The number of fused-ring (bicyclic) bond motifs is 1. The number of anilines is 3. The van der Waals surface area contributed by atoms with E-state index in [0.29, 0.717) is 44.3 Å². The SMILES string of the molecule is CC(=O)Nc1nc2c(c(=O)[nH]1)N(Cc1ccccc1)CN2CCCCOC(C)=O.I. The summed E-state index contributed by atoms with van der Waals surface area (Å²) in [5, 5.41) is 2.54. The Hall–Kier alpha value is -2.63. The van der Waals surface area contributed by atoms with Crippen molar-refractivity contribution >= 4 is 53.3 Å². The van der Waals surface area contributed by atoms with Crippen LogP contribution in [0.25, 0.3) is 0 Å². The summed E-state index contributed by atoms with van der Waals surface area (Å²) in [6, 6.07) is 9.89. The molecule has 9 nitrogen and oxygen atoms in total. The van der Waals surface area contributed by atoms with E-state index in [9.17, 15) is 14.4 Å². The van der Waals surface area contributed by atoms with E-state index >= 15 is 0 Å². The van der Waals surface area contributed by atoms with E-state index in [-0.39, 0.29) is 47.4 Å². The van der Waals surface area contributed by atoms with Gasteiger partial charge in [0.15, 0.2) is 5.82 Å². The van der Waals surface area contributed by atoms with Crippen LogP contribution < -0.4 is 20.7 Å². The maximum absolute atomic E-state index is 12.7. The Kier molecular flexibility index (Phi) is 8.63. The molecule has 162 valence electrons. The predicted octanol–water partition coefficient (Wildman–Crippen LogP) is 2.47. The van der Waals surface area contributed by atoms with Crippen LogP contribution in [0.1, 0.15) is 32.3 Å². The number of esters is 1. The van der Waals surface area contributed by atoms with Gasteiger partial charge in [0.2, 0.25) is 11.9 Å². The van der Waals surface area contributed by atoms with E-state index < -0.39 is 0 Å². The summed E-state index contributed by atoms with van der Waals surface area (Å²) < 4.78 is 4.97. The fraction of sp³-hybridized carbons (Fsp3) is 0.400. The minimum absolute atomic E-state index is 0. The zero-order chi connectivity index (χ0) is 20.8. The first-order valence-electron chi connectivity index (χ1n) is 9.53. The fourth-order valence-corrected chi connectivity index (χ4v) is 3.26. The molecule has 0 aliphatic carbocycles. The first-order chi connectivity index (χ1) is 13.9. The summed E-state index contributed by atoms with van der Waals surface area (Å²) in [5.74, 6) is 0.0764. The van der Waals surface area contributed by atoms with E-state index in [2.05, 4.69) is 15.3 Å². The maximum Gasteiger partial charge on any atom is 0.302 e. The van der Waals surface area contributed by atoms with Crippen molar-refractivity contribution in [3.05, 3.63) is 46.2 Å². The average molecular weight is 527 g/mol. The second kappa shape index (κ2) is 11.0. The number of carbonyl (C=O) groups excluding carboxylic acids is 2. The summed E-state index contributed by atoms with van der Waals surface area (Å²) in [6.45, 7) is 4.85. The van der Waals surface area contributed by atoms with Crippen molar-refractivity contribution in [2.75, 3.05) is 34.9 Å². The minimum atomic E-state index is -0.305. The van der Waals surface area contributed by atoms with Gasteiger partial charge in [0.1, 0.15) is 5.69 Å². The molecule has 10 heteroatoms. The highest BCUT2D eigenvalue weighted by Gasteiger charge is 2.30. The van der Waals surface area contributed by atoms with Crippen molar-refractivity contribution in [2.24, 2.45) is 0 Å². The molecule has 0 spiro atoms. The lowest BCUT2D eigenvalue weighted by Gasteiger charge is -2.21. The molecular formula is C20H26IN5O4. The predicted molar refractivity (Wildman–Crippen MR) is 125 cm³/mol. The third kappa shape index (κ3) is 6.18. The molecule has 2 aromatic rings. The Morgan fingerprint density at radius 3 is 2.57 bits per heavy atom. The number of carbonyl (C=O) groups is 2. The van der Waals surface area contributed by atoms with Crippen molar-refractivity contribution in [1.29, 1.82) is 0 Å². The maximum atomic E-state index is 12.7. The molecule has 3 rings (SSSR count). The standard InChI is InChI=1S/C20H25N5O4.HI/c1-14(26)21-20-22-18-17(19(28)23-20)25(12-16-8-4-3-5-9-16)13-24(18)10-6-7-11-29-15(2)27;/h3-5,8-9H,6-7,10-13H2,1-2H3,(H2,21,22,23,26,28);1H. The van der Waals surface area contributed by atoms with Crippen LogP contribution in [-0.2, 0) is 20.9 Å². The van der Waals surface area contributed by atoms with Gasteiger partial charge < -0.3 is 14.5 Å². The molecule has 1 aliphatic rings. The molecule has 2 N–H and O–H groups in total. The zero-order valence-electron chi connectivity index (χ0n) is 17.0. The molecular weight excluding hydrogens is 501 g/mol. The highest BCUT2D eigenvalue weighted by atomic mass is 127. The molecule has 1 aromatic heterocycles. The summed E-state index contributed by atoms with van der Waals surface area (Å²) in [6.07, 6.45) is 1.49. The molecule has 0 radical (unpaired) electrons. The molecule has 0 fully saturated rings. The van der Waals surface area contributed by atoms with Gasteiger partial charge in [-0.15, -0.1) is 24.0 Å². The molecule has 0 atom stereocenters. The van der Waals surface area contributed by atoms with Crippen molar-refractivity contribution in [1.82, 2.24) is 9.97 Å². The number of H-pyrrole nitrogens is 1. The van der Waals surface area contributed by atoms with Crippen LogP contribution in [0.4, 0.5) is 17.5 Å². The summed E-state index contributed by atoms with van der Waals surface area (Å²) in [7, 11) is 0. The van der Waals surface area contributed by atoms with Gasteiger partial charge in [0, 0.05) is 26.9 Å². The van der Waals surface area contributed by atoms with Gasteiger partial charge in [0.05, 0.1) is 13.3 Å². The number of unbranched alkanes of at least 4 members (excludes halogenated alkanes) is 1. The molecule has 30 heavy (non-hydrogen) atoms. The first-order valence-corrected chi connectivity index (χ1v) is 9.53. The van der Waals surface area contributed by atoms with Crippen LogP contribution in [0.5, 0.6) is 0 Å². The van der Waals surface area contributed by atoms with Crippen LogP contribution in [0.15, 0.2) is 35.1 Å². The van der Waals surface area contributed by atoms with Crippen molar-refractivity contribution in [3.8, 4) is 0 Å². The van der Waals surface area contributed by atoms with Gasteiger partial charge in [0.25, 0.3) is 5.56 Å². The lowest BCUT2D eigenvalue weighted by molar-refractivity contribution is -0.141. The number of nitrogens with zero attached hydrogens (tertiary/aromatic N) is 3. The minimum Gasteiger partial charge on any atom is -0.466 e. The second-order valence-electron chi connectivity index (χ2n) is 6.90. The molecule has 0 saturated carbocycles. The van der Waals surface area contributed by atoms with E-state index in [1.165, 1.54) is 13.8 Å². The van der Waals surface area contributed by atoms with Crippen LogP contribution in [0.2, 0.25) is 0 Å². The van der Waals surface area contributed by atoms with Crippen LogP contribution >= 0.6 is 24.0 Å². The molecule has 0 unspecified atom stereocenters. The number of hydrogen-bond donors (Lipinski definition) is 2. The molecule has 0 saturated heterocycles. The van der Waals surface area contributed by atoms with E-state index in [4.69, 9.17) is 4.74 Å². The largest absolute Gasteiger partial charge is 0.466 e. The third-order valence-corrected chi connectivity index (χ3v) is 4.47. The Morgan fingerprint density at radius 2 is 1.90 bits per heavy atom. The monoisotopic (exact) mass is 527 g/mol. The Balaban J connectivity index is 0.00000320. The van der Waals surface area contributed by atoms with Crippen molar-refractivity contribution in [2.45, 2.75) is 33.2 Å². The Morgan fingerprint density at radius 1 is 1.17 bits per heavy atom. The molecule has 1 aromatic carbocycles. The fourth-order valence-electron chi connectivity index (χ4n) is 3.26. The van der Waals surface area contributed by atoms with Gasteiger partial charge in [-0.25, -0.2) is 0 Å².